The number of anilines is 1. The van der Waals surface area contributed by atoms with Crippen molar-refractivity contribution in [3.05, 3.63) is 48.3 Å². The molecule has 0 aliphatic carbocycles. The summed E-state index contributed by atoms with van der Waals surface area (Å²) in [5, 5.41) is 2.90. The lowest BCUT2D eigenvalue weighted by molar-refractivity contribution is -0.116. The first-order valence-corrected chi connectivity index (χ1v) is 10.7. The van der Waals surface area contributed by atoms with E-state index >= 15 is 0 Å². The molecule has 0 saturated heterocycles. The zero-order valence-electron chi connectivity index (χ0n) is 17.4. The van der Waals surface area contributed by atoms with Crippen molar-refractivity contribution < 1.29 is 4.79 Å². The average Bonchev–Trinajstić information content (AvgIpc) is 2.66. The van der Waals surface area contributed by atoms with Crippen LogP contribution in [0.1, 0.15) is 89.7 Å². The Morgan fingerprint density at radius 2 is 1.59 bits per heavy atom. The van der Waals surface area contributed by atoms with Crippen molar-refractivity contribution >= 4 is 11.6 Å². The molecule has 1 heterocycles. The Morgan fingerprint density at radius 1 is 0.926 bits per heavy atom. The average molecular weight is 371 g/mol. The van der Waals surface area contributed by atoms with Gasteiger partial charge in [0, 0.05) is 12.1 Å². The van der Waals surface area contributed by atoms with Gasteiger partial charge in [-0.3, -0.25) is 9.78 Å². The van der Waals surface area contributed by atoms with Gasteiger partial charge in [0.05, 0.1) is 11.9 Å². The molecule has 0 saturated carbocycles. The van der Waals surface area contributed by atoms with Crippen molar-refractivity contribution in [3.63, 3.8) is 0 Å². The molecule has 150 valence electrons. The van der Waals surface area contributed by atoms with Gasteiger partial charge in [0.1, 0.15) is 0 Å². The summed E-state index contributed by atoms with van der Waals surface area (Å²) in [5.41, 5.74) is 1.75. The summed E-state index contributed by atoms with van der Waals surface area (Å²) in [6.45, 7) is 4.18. The minimum absolute atomic E-state index is 0.0892. The summed E-state index contributed by atoms with van der Waals surface area (Å²) in [6, 6.07) is 3.81. The summed E-state index contributed by atoms with van der Waals surface area (Å²) in [5.74, 6) is 0.0892. The number of unbranched alkanes of at least 4 members (excludes halogenated alkanes) is 8. The van der Waals surface area contributed by atoms with Crippen molar-refractivity contribution in [3.8, 4) is 0 Å². The van der Waals surface area contributed by atoms with Crippen LogP contribution in [0, 0.1) is 6.92 Å². The molecule has 1 amide bonds. The lowest BCUT2D eigenvalue weighted by Crippen LogP contribution is -2.11. The highest BCUT2D eigenvalue weighted by Gasteiger charge is 2.02. The van der Waals surface area contributed by atoms with Gasteiger partial charge >= 0.3 is 0 Å². The second kappa shape index (κ2) is 16.3. The smallest absolute Gasteiger partial charge is 0.224 e. The third kappa shape index (κ3) is 13.9. The molecule has 0 radical (unpaired) electrons. The monoisotopic (exact) mass is 370 g/mol. The van der Waals surface area contributed by atoms with E-state index in [0.29, 0.717) is 6.42 Å². The number of aromatic nitrogens is 1. The standard InChI is InChI=1S/C24H38N2O/c1-3-4-5-6-7-8-9-10-11-12-13-14-15-16-17-18-24(27)26-23-20-19-22(2)25-21-23/h7-8,10-11,19-21H,3-6,9,12-18H2,1-2H3,(H,26,27)/b8-7-,11-10-. The molecule has 0 aliphatic rings. The van der Waals surface area contributed by atoms with E-state index in [4.69, 9.17) is 0 Å². The van der Waals surface area contributed by atoms with Gasteiger partial charge in [0.25, 0.3) is 0 Å². The highest BCUT2D eigenvalue weighted by molar-refractivity contribution is 5.90. The molecule has 27 heavy (non-hydrogen) atoms. The van der Waals surface area contributed by atoms with Gasteiger partial charge in [0.2, 0.25) is 5.91 Å². The van der Waals surface area contributed by atoms with E-state index in [1.807, 2.05) is 19.1 Å². The number of hydrogen-bond donors (Lipinski definition) is 1. The van der Waals surface area contributed by atoms with Crippen molar-refractivity contribution in [1.29, 1.82) is 0 Å². The third-order valence-electron chi connectivity index (χ3n) is 4.55. The van der Waals surface area contributed by atoms with Crippen LogP contribution in [0.5, 0.6) is 0 Å². The van der Waals surface area contributed by atoms with E-state index in [0.717, 1.165) is 30.6 Å². The minimum Gasteiger partial charge on any atom is -0.325 e. The van der Waals surface area contributed by atoms with Gasteiger partial charge in [-0.05, 0) is 57.6 Å². The van der Waals surface area contributed by atoms with Gasteiger partial charge in [-0.25, -0.2) is 0 Å². The lowest BCUT2D eigenvalue weighted by atomic mass is 10.1. The second-order valence-electron chi connectivity index (χ2n) is 7.22. The molecule has 0 bridgehead atoms. The number of rotatable bonds is 15. The Labute approximate surface area is 166 Å². The number of carbonyl (C=O) groups excluding carboxylic acids is 1. The van der Waals surface area contributed by atoms with E-state index in [1.54, 1.807) is 6.20 Å². The maximum absolute atomic E-state index is 11.9. The molecule has 3 nitrogen and oxygen atoms in total. The number of aryl methyl sites for hydroxylation is 1. The molecule has 0 aliphatic heterocycles. The summed E-state index contributed by atoms with van der Waals surface area (Å²) >= 11 is 0. The quantitative estimate of drug-likeness (QED) is 0.263. The fourth-order valence-corrected chi connectivity index (χ4v) is 2.86. The first-order chi connectivity index (χ1) is 13.2. The number of nitrogens with one attached hydrogen (secondary N) is 1. The topological polar surface area (TPSA) is 42.0 Å². The van der Waals surface area contributed by atoms with E-state index in [1.165, 1.54) is 51.4 Å². The molecule has 0 fully saturated rings. The van der Waals surface area contributed by atoms with Crippen molar-refractivity contribution in [2.24, 2.45) is 0 Å². The maximum Gasteiger partial charge on any atom is 0.224 e. The van der Waals surface area contributed by atoms with Crippen molar-refractivity contribution in [2.75, 3.05) is 5.32 Å². The fraction of sp³-hybridized carbons (Fsp3) is 0.583. The fourth-order valence-electron chi connectivity index (χ4n) is 2.86. The van der Waals surface area contributed by atoms with Gasteiger partial charge in [-0.1, -0.05) is 63.3 Å². The molecule has 1 rings (SSSR count). The van der Waals surface area contributed by atoms with Gasteiger partial charge in [0.15, 0.2) is 0 Å². The number of nitrogens with zero attached hydrogens (tertiary/aromatic N) is 1. The van der Waals surface area contributed by atoms with E-state index in [2.05, 4.69) is 41.5 Å². The number of hydrogen-bond acceptors (Lipinski definition) is 2. The summed E-state index contributed by atoms with van der Waals surface area (Å²) in [7, 11) is 0. The SMILES string of the molecule is CCCCC/C=C\C/C=C\CCCCCCCC(=O)Nc1ccc(C)nc1. The lowest BCUT2D eigenvalue weighted by Gasteiger charge is -2.05. The summed E-state index contributed by atoms with van der Waals surface area (Å²) in [6.07, 6.45) is 24.7. The predicted molar refractivity (Wildman–Crippen MR) is 117 cm³/mol. The largest absolute Gasteiger partial charge is 0.325 e. The predicted octanol–water partition coefficient (Wildman–Crippen LogP) is 7.14. The molecule has 1 aromatic heterocycles. The normalized spacial score (nSPS) is 11.5. The molecular weight excluding hydrogens is 332 g/mol. The molecule has 1 aromatic rings. The second-order valence-corrected chi connectivity index (χ2v) is 7.22. The van der Waals surface area contributed by atoms with Gasteiger partial charge in [-0.15, -0.1) is 0 Å². The molecule has 1 N–H and O–H groups in total. The van der Waals surface area contributed by atoms with Gasteiger partial charge in [-0.2, -0.15) is 0 Å². The van der Waals surface area contributed by atoms with E-state index in [-0.39, 0.29) is 5.91 Å². The Balaban J connectivity index is 1.90. The molecule has 0 spiro atoms. The first-order valence-electron chi connectivity index (χ1n) is 10.7. The van der Waals surface area contributed by atoms with Crippen LogP contribution in [0.4, 0.5) is 5.69 Å². The zero-order valence-corrected chi connectivity index (χ0v) is 17.4. The van der Waals surface area contributed by atoms with E-state index in [9.17, 15) is 4.79 Å². The zero-order chi connectivity index (χ0) is 19.6. The summed E-state index contributed by atoms with van der Waals surface area (Å²) in [4.78, 5) is 16.1. The van der Waals surface area contributed by atoms with E-state index < -0.39 is 0 Å². The molecular formula is C24H38N2O. The maximum atomic E-state index is 11.9. The number of amides is 1. The van der Waals surface area contributed by atoms with Crippen LogP contribution in [0.3, 0.4) is 0 Å². The molecule has 3 heteroatoms. The Morgan fingerprint density at radius 3 is 2.26 bits per heavy atom. The van der Waals surface area contributed by atoms with Crippen LogP contribution in [0.15, 0.2) is 42.6 Å². The highest BCUT2D eigenvalue weighted by atomic mass is 16.1. The highest BCUT2D eigenvalue weighted by Crippen LogP contribution is 2.10. The van der Waals surface area contributed by atoms with Crippen LogP contribution < -0.4 is 5.32 Å². The molecule has 0 atom stereocenters. The summed E-state index contributed by atoms with van der Waals surface area (Å²) < 4.78 is 0. The third-order valence-corrected chi connectivity index (χ3v) is 4.55. The Kier molecular flexibility index (Phi) is 14.0. The molecule has 0 unspecified atom stereocenters. The first kappa shape index (κ1) is 23.1. The van der Waals surface area contributed by atoms with Crippen LogP contribution in [-0.2, 0) is 4.79 Å². The minimum atomic E-state index is 0.0892. The number of carbonyl (C=O) groups is 1. The van der Waals surface area contributed by atoms with Gasteiger partial charge < -0.3 is 5.32 Å². The van der Waals surface area contributed by atoms with Crippen LogP contribution in [0.25, 0.3) is 0 Å². The van der Waals surface area contributed by atoms with Crippen LogP contribution in [0.2, 0.25) is 0 Å². The molecule has 0 aromatic carbocycles. The van der Waals surface area contributed by atoms with Crippen LogP contribution in [-0.4, -0.2) is 10.9 Å². The van der Waals surface area contributed by atoms with Crippen LogP contribution >= 0.6 is 0 Å². The van der Waals surface area contributed by atoms with Crippen molar-refractivity contribution in [1.82, 2.24) is 4.98 Å². The number of pyridine rings is 1. The Bertz CT molecular complexity index is 546. The van der Waals surface area contributed by atoms with Crippen molar-refractivity contribution in [2.45, 2.75) is 90.9 Å². The Hall–Kier alpha value is -1.90. The number of allylic oxidation sites excluding steroid dienone is 4.